The molecular formula is C27H26O4. The van der Waals surface area contributed by atoms with E-state index in [-0.39, 0.29) is 22.2 Å². The second-order valence-electron chi connectivity index (χ2n) is 9.69. The Kier molecular flexibility index (Phi) is 4.15. The van der Waals surface area contributed by atoms with E-state index in [2.05, 4.69) is 32.6 Å². The predicted octanol–water partition coefficient (Wildman–Crippen LogP) is 4.94. The quantitative estimate of drug-likeness (QED) is 0.397. The number of fused-ring (bicyclic) bond motifs is 7. The molecule has 4 nitrogen and oxygen atoms in total. The van der Waals surface area contributed by atoms with Crippen LogP contribution in [0.15, 0.2) is 42.5 Å². The molecule has 4 heteroatoms. The van der Waals surface area contributed by atoms with Crippen molar-refractivity contribution in [2.45, 2.75) is 51.0 Å². The molecule has 1 aliphatic heterocycles. The average Bonchev–Trinajstić information content (AvgIpc) is 3.35. The van der Waals surface area contributed by atoms with Crippen LogP contribution in [-0.2, 0) is 10.2 Å². The first-order valence-electron chi connectivity index (χ1n) is 10.8. The van der Waals surface area contributed by atoms with Crippen LogP contribution < -0.4 is 4.74 Å². The molecule has 2 aliphatic carbocycles. The molecule has 0 spiro atoms. The van der Waals surface area contributed by atoms with Gasteiger partial charge in [0.2, 0.25) is 5.78 Å². The number of hydrogen-bond acceptors (Lipinski definition) is 4. The fourth-order valence-corrected chi connectivity index (χ4v) is 6.34. The number of hydrogen-bond donors (Lipinski definition) is 0. The van der Waals surface area contributed by atoms with Crippen molar-refractivity contribution in [1.82, 2.24) is 0 Å². The molecule has 4 unspecified atom stereocenters. The van der Waals surface area contributed by atoms with Crippen molar-refractivity contribution < 1.29 is 19.1 Å². The molecule has 1 heterocycles. The molecule has 4 atom stereocenters. The van der Waals surface area contributed by atoms with E-state index >= 15 is 0 Å². The Bertz CT molecular complexity index is 1170. The summed E-state index contributed by atoms with van der Waals surface area (Å²) in [6.07, 6.45) is 3.59. The van der Waals surface area contributed by atoms with Crippen molar-refractivity contribution in [3.8, 4) is 17.6 Å². The summed E-state index contributed by atoms with van der Waals surface area (Å²) in [4.78, 5) is 24.4. The smallest absolute Gasteiger partial charge is 0.337 e. The number of esters is 1. The number of benzene rings is 2. The van der Waals surface area contributed by atoms with Gasteiger partial charge >= 0.3 is 5.97 Å². The maximum atomic E-state index is 12.9. The van der Waals surface area contributed by atoms with Crippen molar-refractivity contribution in [2.24, 2.45) is 11.3 Å². The van der Waals surface area contributed by atoms with Crippen molar-refractivity contribution in [2.75, 3.05) is 7.11 Å². The lowest BCUT2D eigenvalue weighted by atomic mass is 9.56. The highest BCUT2D eigenvalue weighted by atomic mass is 16.5. The third-order valence-electron chi connectivity index (χ3n) is 8.45. The third kappa shape index (κ3) is 2.56. The molecule has 5 rings (SSSR count). The highest BCUT2D eigenvalue weighted by Crippen LogP contribution is 2.73. The fourth-order valence-electron chi connectivity index (χ4n) is 6.34. The van der Waals surface area contributed by atoms with E-state index in [4.69, 9.17) is 9.47 Å². The highest BCUT2D eigenvalue weighted by Gasteiger charge is 2.73. The molecule has 2 fully saturated rings. The van der Waals surface area contributed by atoms with Gasteiger partial charge in [-0.1, -0.05) is 19.8 Å². The first-order chi connectivity index (χ1) is 14.7. The van der Waals surface area contributed by atoms with Gasteiger partial charge in [-0.25, -0.2) is 4.79 Å². The van der Waals surface area contributed by atoms with Gasteiger partial charge in [-0.2, -0.15) is 0 Å². The molecule has 0 aromatic heterocycles. The summed E-state index contributed by atoms with van der Waals surface area (Å²) in [7, 11) is 1.34. The summed E-state index contributed by atoms with van der Waals surface area (Å²) in [5.74, 6) is 6.51. The second kappa shape index (κ2) is 6.47. The molecule has 0 radical (unpaired) electrons. The van der Waals surface area contributed by atoms with Crippen LogP contribution in [0.1, 0.15) is 71.9 Å². The van der Waals surface area contributed by atoms with Crippen LogP contribution in [0.3, 0.4) is 0 Å². The largest absolute Gasteiger partial charge is 0.486 e. The predicted molar refractivity (Wildman–Crippen MR) is 117 cm³/mol. The zero-order valence-corrected chi connectivity index (χ0v) is 18.4. The maximum absolute atomic E-state index is 12.9. The number of rotatable bonds is 2. The third-order valence-corrected chi connectivity index (χ3v) is 8.45. The number of methoxy groups -OCH3 is 1. The zero-order valence-electron chi connectivity index (χ0n) is 18.4. The van der Waals surface area contributed by atoms with E-state index < -0.39 is 5.97 Å². The SMILES string of the molecule is COC(=O)c1ccc(C#CC(=O)c2ccc3c(c2)C2(C)C4(C)CCC(C4)C2(C)O3)cc1. The summed E-state index contributed by atoms with van der Waals surface area (Å²) in [5.41, 5.74) is 2.74. The topological polar surface area (TPSA) is 52.6 Å². The Hall–Kier alpha value is -3.06. The lowest BCUT2D eigenvalue weighted by Crippen LogP contribution is -2.54. The first-order valence-corrected chi connectivity index (χ1v) is 10.8. The van der Waals surface area contributed by atoms with Crippen LogP contribution in [0, 0.1) is 23.2 Å². The number of ether oxygens (including phenoxy) is 2. The van der Waals surface area contributed by atoms with Gasteiger partial charge in [0.25, 0.3) is 0 Å². The standard InChI is InChI=1S/C27H26O4/c1-25-14-13-20(16-25)27(3)26(25,2)21-15-19(10-12-23(21)31-27)22(28)11-7-17-5-8-18(9-6-17)24(29)30-4/h5-6,8-10,12,15,20H,13-14,16H2,1-4H3. The monoisotopic (exact) mass is 414 g/mol. The Balaban J connectivity index is 1.44. The Morgan fingerprint density at radius 3 is 2.48 bits per heavy atom. The Morgan fingerprint density at radius 2 is 1.77 bits per heavy atom. The van der Waals surface area contributed by atoms with Crippen LogP contribution in [0.25, 0.3) is 0 Å². The van der Waals surface area contributed by atoms with Crippen LogP contribution in [0.2, 0.25) is 0 Å². The lowest BCUT2D eigenvalue weighted by Gasteiger charge is -2.48. The van der Waals surface area contributed by atoms with Crippen LogP contribution in [0.4, 0.5) is 0 Å². The van der Waals surface area contributed by atoms with Crippen LogP contribution in [-0.4, -0.2) is 24.5 Å². The zero-order chi connectivity index (χ0) is 22.0. The minimum atomic E-state index is -0.397. The maximum Gasteiger partial charge on any atom is 0.337 e. The van der Waals surface area contributed by atoms with Crippen LogP contribution in [0.5, 0.6) is 5.75 Å². The van der Waals surface area contributed by atoms with Gasteiger partial charge in [-0.05, 0) is 85.9 Å². The summed E-state index contributed by atoms with van der Waals surface area (Å²) in [6.45, 7) is 6.95. The van der Waals surface area contributed by atoms with E-state index in [1.54, 1.807) is 24.3 Å². The van der Waals surface area contributed by atoms with Gasteiger partial charge in [0.15, 0.2) is 0 Å². The highest BCUT2D eigenvalue weighted by molar-refractivity contribution is 6.09. The summed E-state index contributed by atoms with van der Waals surface area (Å²) < 4.78 is 11.2. The van der Waals surface area contributed by atoms with E-state index in [1.807, 2.05) is 18.2 Å². The fraction of sp³-hybridized carbons (Fsp3) is 0.407. The Morgan fingerprint density at radius 1 is 1.06 bits per heavy atom. The number of Topliss-reactive ketones (excluding diaryl/α,β-unsaturated/α-hetero) is 1. The van der Waals surface area contributed by atoms with Crippen molar-refractivity contribution in [3.63, 3.8) is 0 Å². The summed E-state index contributed by atoms with van der Waals surface area (Å²) >= 11 is 0. The molecule has 2 bridgehead atoms. The van der Waals surface area contributed by atoms with E-state index in [1.165, 1.54) is 26.4 Å². The van der Waals surface area contributed by atoms with Gasteiger partial charge in [-0.3, -0.25) is 4.79 Å². The van der Waals surface area contributed by atoms with Crippen molar-refractivity contribution in [3.05, 3.63) is 64.7 Å². The molecule has 3 aliphatic rings. The summed E-state index contributed by atoms with van der Waals surface area (Å²) in [5, 5.41) is 0. The van der Waals surface area contributed by atoms with E-state index in [9.17, 15) is 9.59 Å². The lowest BCUT2D eigenvalue weighted by molar-refractivity contribution is -0.0260. The van der Waals surface area contributed by atoms with Crippen molar-refractivity contribution in [1.29, 1.82) is 0 Å². The first kappa shape index (κ1) is 19.9. The van der Waals surface area contributed by atoms with E-state index in [0.717, 1.165) is 11.3 Å². The molecule has 0 saturated heterocycles. The average molecular weight is 415 g/mol. The van der Waals surface area contributed by atoms with Crippen LogP contribution >= 0.6 is 0 Å². The van der Waals surface area contributed by atoms with Gasteiger partial charge < -0.3 is 9.47 Å². The summed E-state index contributed by atoms with van der Waals surface area (Å²) in [6, 6.07) is 12.5. The van der Waals surface area contributed by atoms with Gasteiger partial charge in [0, 0.05) is 22.1 Å². The molecule has 158 valence electrons. The molecule has 2 saturated carbocycles. The number of carbonyl (C=O) groups excluding carboxylic acids is 2. The van der Waals surface area contributed by atoms with Gasteiger partial charge in [0.1, 0.15) is 11.4 Å². The minimum Gasteiger partial charge on any atom is -0.486 e. The molecule has 31 heavy (non-hydrogen) atoms. The number of carbonyl (C=O) groups is 2. The van der Waals surface area contributed by atoms with Crippen molar-refractivity contribution >= 4 is 11.8 Å². The molecule has 0 N–H and O–H groups in total. The Labute approximate surface area is 182 Å². The van der Waals surface area contributed by atoms with Gasteiger partial charge in [-0.15, -0.1) is 0 Å². The van der Waals surface area contributed by atoms with E-state index in [0.29, 0.717) is 22.6 Å². The molecule has 0 amide bonds. The molecule has 2 aromatic carbocycles. The minimum absolute atomic E-state index is 0.105. The normalized spacial score (nSPS) is 31.8. The second-order valence-corrected chi connectivity index (χ2v) is 9.69. The molecule has 2 aromatic rings. The number of ketones is 1. The van der Waals surface area contributed by atoms with Gasteiger partial charge in [0.05, 0.1) is 12.7 Å². The molecular weight excluding hydrogens is 388 g/mol.